The van der Waals surface area contributed by atoms with Crippen molar-refractivity contribution in [1.82, 2.24) is 9.88 Å². The third kappa shape index (κ3) is 3.75. The number of imide groups is 1. The summed E-state index contributed by atoms with van der Waals surface area (Å²) in [6.07, 6.45) is 1.84. The zero-order chi connectivity index (χ0) is 18.9. The van der Waals surface area contributed by atoms with E-state index < -0.39 is 11.7 Å². The van der Waals surface area contributed by atoms with E-state index in [1.807, 2.05) is 42.7 Å². The molecule has 2 heterocycles. The van der Waals surface area contributed by atoms with Crippen molar-refractivity contribution >= 4 is 23.8 Å². The average molecular weight is 370 g/mol. The molecule has 26 heavy (non-hydrogen) atoms. The molecule has 2 aromatic rings. The summed E-state index contributed by atoms with van der Waals surface area (Å²) in [6.45, 7) is 5.64. The molecule has 1 aromatic carbocycles. The van der Waals surface area contributed by atoms with Crippen LogP contribution in [-0.4, -0.2) is 40.3 Å². The van der Waals surface area contributed by atoms with Gasteiger partial charge in [0.15, 0.2) is 0 Å². The molecule has 0 saturated heterocycles. The smallest absolute Gasteiger partial charge is 0.417 e. The minimum Gasteiger partial charge on any atom is -0.443 e. The largest absolute Gasteiger partial charge is 0.443 e. The van der Waals surface area contributed by atoms with Gasteiger partial charge >= 0.3 is 6.09 Å². The van der Waals surface area contributed by atoms with Crippen LogP contribution in [0.1, 0.15) is 36.8 Å². The van der Waals surface area contributed by atoms with E-state index in [1.165, 1.54) is 16.7 Å². The minimum absolute atomic E-state index is 0.278. The average Bonchev–Trinajstić information content (AvgIpc) is 2.60. The van der Waals surface area contributed by atoms with Gasteiger partial charge in [0.25, 0.3) is 5.91 Å². The van der Waals surface area contributed by atoms with Crippen LogP contribution in [0.4, 0.5) is 4.79 Å². The number of carbonyl (C=O) groups is 2. The number of amides is 2. The van der Waals surface area contributed by atoms with Gasteiger partial charge < -0.3 is 4.74 Å². The van der Waals surface area contributed by atoms with Crippen LogP contribution in [0, 0.1) is 0 Å². The first-order valence-corrected chi connectivity index (χ1v) is 9.71. The summed E-state index contributed by atoms with van der Waals surface area (Å²) in [6, 6.07) is 11.8. The van der Waals surface area contributed by atoms with Crippen molar-refractivity contribution < 1.29 is 14.3 Å². The fourth-order valence-corrected chi connectivity index (χ4v) is 3.48. The van der Waals surface area contributed by atoms with Crippen LogP contribution in [0.5, 0.6) is 0 Å². The molecule has 0 spiro atoms. The summed E-state index contributed by atoms with van der Waals surface area (Å²) in [7, 11) is 0. The van der Waals surface area contributed by atoms with E-state index in [0.29, 0.717) is 12.0 Å². The van der Waals surface area contributed by atoms with Crippen molar-refractivity contribution in [3.8, 4) is 11.3 Å². The van der Waals surface area contributed by atoms with Gasteiger partial charge in [0.1, 0.15) is 5.60 Å². The highest BCUT2D eigenvalue weighted by Gasteiger charge is 2.35. The van der Waals surface area contributed by atoms with Crippen LogP contribution < -0.4 is 0 Å². The minimum atomic E-state index is -0.643. The number of aromatic nitrogens is 1. The molecule has 0 saturated carbocycles. The lowest BCUT2D eigenvalue weighted by Crippen LogP contribution is -2.45. The molecule has 0 atom stereocenters. The zero-order valence-corrected chi connectivity index (χ0v) is 16.2. The van der Waals surface area contributed by atoms with Crippen molar-refractivity contribution in [2.45, 2.75) is 37.7 Å². The standard InChI is InChI=1S/C20H22N2O3S/c1-20(2,3)25-19(24)22-11-10-14-17(18(22)23)16(26-4)12-15(21-14)13-8-6-5-7-9-13/h5-9,12H,10-11H2,1-4H3. The Labute approximate surface area is 157 Å². The van der Waals surface area contributed by atoms with Gasteiger partial charge in [-0.1, -0.05) is 30.3 Å². The van der Waals surface area contributed by atoms with Gasteiger partial charge in [0, 0.05) is 23.4 Å². The lowest BCUT2D eigenvalue weighted by atomic mass is 10.0. The highest BCUT2D eigenvalue weighted by Crippen LogP contribution is 2.32. The van der Waals surface area contributed by atoms with Gasteiger partial charge in [-0.2, -0.15) is 0 Å². The molecule has 136 valence electrons. The molecule has 2 amide bonds. The summed E-state index contributed by atoms with van der Waals surface area (Å²) in [4.78, 5) is 32.0. The summed E-state index contributed by atoms with van der Waals surface area (Å²) >= 11 is 1.48. The van der Waals surface area contributed by atoms with Gasteiger partial charge in [-0.3, -0.25) is 9.78 Å². The van der Waals surface area contributed by atoms with Crippen LogP contribution >= 0.6 is 11.8 Å². The highest BCUT2D eigenvalue weighted by molar-refractivity contribution is 7.98. The van der Waals surface area contributed by atoms with Crippen molar-refractivity contribution in [3.63, 3.8) is 0 Å². The third-order valence-corrected chi connectivity index (χ3v) is 4.75. The van der Waals surface area contributed by atoms with Crippen molar-refractivity contribution in [2.24, 2.45) is 0 Å². The Morgan fingerprint density at radius 1 is 1.23 bits per heavy atom. The lowest BCUT2D eigenvalue weighted by molar-refractivity contribution is 0.0231. The SMILES string of the molecule is CSc1cc(-c2ccccc2)nc2c1C(=O)N(C(=O)OC(C)(C)C)CC2. The predicted molar refractivity (Wildman–Crippen MR) is 102 cm³/mol. The first-order valence-electron chi connectivity index (χ1n) is 8.48. The first kappa shape index (κ1) is 18.5. The van der Waals surface area contributed by atoms with Crippen LogP contribution in [0.25, 0.3) is 11.3 Å². The molecule has 0 N–H and O–H groups in total. The number of thioether (sulfide) groups is 1. The van der Waals surface area contributed by atoms with Crippen LogP contribution in [0.2, 0.25) is 0 Å². The molecule has 0 aliphatic carbocycles. The van der Waals surface area contributed by atoms with E-state index in [0.717, 1.165) is 21.8 Å². The Morgan fingerprint density at radius 3 is 2.54 bits per heavy atom. The number of fused-ring (bicyclic) bond motifs is 1. The lowest BCUT2D eigenvalue weighted by Gasteiger charge is -2.30. The summed E-state index contributed by atoms with van der Waals surface area (Å²) in [5.41, 5.74) is 2.45. The first-order chi connectivity index (χ1) is 12.3. The van der Waals surface area contributed by atoms with Crippen LogP contribution in [-0.2, 0) is 11.2 Å². The molecule has 0 unspecified atom stereocenters. The number of ether oxygens (including phenoxy) is 1. The molecule has 6 heteroatoms. The summed E-state index contributed by atoms with van der Waals surface area (Å²) in [5, 5.41) is 0. The number of rotatable bonds is 2. The predicted octanol–water partition coefficient (Wildman–Crippen LogP) is 4.40. The molecular formula is C20H22N2O3S. The maximum Gasteiger partial charge on any atom is 0.417 e. The van der Waals surface area contributed by atoms with Crippen molar-refractivity contribution in [1.29, 1.82) is 0 Å². The monoisotopic (exact) mass is 370 g/mol. The maximum atomic E-state index is 12.9. The van der Waals surface area contributed by atoms with Gasteiger partial charge in [-0.15, -0.1) is 11.8 Å². The Kier molecular flexibility index (Phi) is 5.05. The van der Waals surface area contributed by atoms with Gasteiger partial charge in [0.05, 0.1) is 17.0 Å². The Morgan fingerprint density at radius 2 is 1.92 bits per heavy atom. The van der Waals surface area contributed by atoms with E-state index >= 15 is 0 Å². The molecule has 1 aliphatic rings. The summed E-state index contributed by atoms with van der Waals surface area (Å²) in [5.74, 6) is -0.336. The van der Waals surface area contributed by atoms with Crippen molar-refractivity contribution in [2.75, 3.05) is 12.8 Å². The number of carbonyl (C=O) groups excluding carboxylic acids is 2. The van der Waals surface area contributed by atoms with E-state index in [-0.39, 0.29) is 12.5 Å². The highest BCUT2D eigenvalue weighted by atomic mass is 32.2. The fraction of sp³-hybridized carbons (Fsp3) is 0.350. The van der Waals surface area contributed by atoms with Gasteiger partial charge in [-0.05, 0) is 33.1 Å². The Bertz CT molecular complexity index is 827. The molecule has 1 aromatic heterocycles. The maximum absolute atomic E-state index is 12.9. The second-order valence-electron chi connectivity index (χ2n) is 7.08. The molecule has 0 radical (unpaired) electrons. The Hall–Kier alpha value is -2.34. The number of hydrogen-bond acceptors (Lipinski definition) is 5. The van der Waals surface area contributed by atoms with Crippen molar-refractivity contribution in [3.05, 3.63) is 47.7 Å². The van der Waals surface area contributed by atoms with E-state index in [9.17, 15) is 9.59 Å². The molecule has 0 bridgehead atoms. The molecule has 3 rings (SSSR count). The number of pyridine rings is 1. The second kappa shape index (κ2) is 7.11. The molecule has 1 aliphatic heterocycles. The molecule has 0 fully saturated rings. The summed E-state index contributed by atoms with van der Waals surface area (Å²) < 4.78 is 5.37. The van der Waals surface area contributed by atoms with Gasteiger partial charge in [-0.25, -0.2) is 9.69 Å². The normalized spacial score (nSPS) is 14.2. The molecule has 5 nitrogen and oxygen atoms in total. The van der Waals surface area contributed by atoms with Crippen LogP contribution in [0.3, 0.4) is 0 Å². The van der Waals surface area contributed by atoms with E-state index in [1.54, 1.807) is 20.8 Å². The van der Waals surface area contributed by atoms with E-state index in [2.05, 4.69) is 0 Å². The fourth-order valence-electron chi connectivity index (χ4n) is 2.85. The molecular weight excluding hydrogens is 348 g/mol. The number of benzene rings is 1. The Balaban J connectivity index is 1.98. The van der Waals surface area contributed by atoms with Crippen LogP contribution in [0.15, 0.2) is 41.3 Å². The zero-order valence-electron chi connectivity index (χ0n) is 15.4. The quantitative estimate of drug-likeness (QED) is 0.733. The second-order valence-corrected chi connectivity index (χ2v) is 7.93. The van der Waals surface area contributed by atoms with Gasteiger partial charge in [0.2, 0.25) is 0 Å². The third-order valence-electron chi connectivity index (χ3n) is 3.99. The topological polar surface area (TPSA) is 59.5 Å². The van der Waals surface area contributed by atoms with E-state index in [4.69, 9.17) is 9.72 Å². The number of hydrogen-bond donors (Lipinski definition) is 0. The number of nitrogens with zero attached hydrogens (tertiary/aromatic N) is 2.